The first-order valence-corrected chi connectivity index (χ1v) is 4.16. The van der Waals surface area contributed by atoms with Gasteiger partial charge >= 0.3 is 0 Å². The minimum atomic E-state index is 0.0693. The standard InChI is InChI=1S/C11H13NO/c1-3-5-11(13)9-6-4-7-10(12)8(9)2/h3-4,6-7H,1,5,12H2,2H3. The van der Waals surface area contributed by atoms with Gasteiger partial charge in [0.25, 0.3) is 0 Å². The number of nitrogens with two attached hydrogens (primary N) is 1. The molecule has 0 unspecified atom stereocenters. The summed E-state index contributed by atoms with van der Waals surface area (Å²) in [7, 11) is 0. The molecule has 1 aromatic carbocycles. The summed E-state index contributed by atoms with van der Waals surface area (Å²) in [4.78, 5) is 11.5. The summed E-state index contributed by atoms with van der Waals surface area (Å²) in [5.74, 6) is 0.0693. The van der Waals surface area contributed by atoms with E-state index in [2.05, 4.69) is 6.58 Å². The molecule has 13 heavy (non-hydrogen) atoms. The molecular formula is C11H13NO. The maximum absolute atomic E-state index is 11.5. The van der Waals surface area contributed by atoms with Gasteiger partial charge in [-0.3, -0.25) is 4.79 Å². The van der Waals surface area contributed by atoms with E-state index in [9.17, 15) is 4.79 Å². The van der Waals surface area contributed by atoms with Crippen LogP contribution in [-0.4, -0.2) is 5.78 Å². The third kappa shape index (κ3) is 1.96. The van der Waals surface area contributed by atoms with Gasteiger partial charge in [-0.05, 0) is 18.6 Å². The van der Waals surface area contributed by atoms with Crippen molar-refractivity contribution in [2.75, 3.05) is 5.73 Å². The number of benzene rings is 1. The van der Waals surface area contributed by atoms with E-state index in [0.717, 1.165) is 5.56 Å². The molecule has 0 aliphatic heterocycles. The molecule has 0 saturated carbocycles. The Morgan fingerprint density at radius 1 is 1.62 bits per heavy atom. The summed E-state index contributed by atoms with van der Waals surface area (Å²) in [6.07, 6.45) is 1.97. The predicted molar refractivity (Wildman–Crippen MR) is 54.7 cm³/mol. The van der Waals surface area contributed by atoms with Crippen molar-refractivity contribution in [2.24, 2.45) is 0 Å². The molecule has 0 heterocycles. The van der Waals surface area contributed by atoms with Crippen LogP contribution in [0.2, 0.25) is 0 Å². The molecule has 0 aliphatic rings. The van der Waals surface area contributed by atoms with Gasteiger partial charge in [0.05, 0.1) is 0 Å². The smallest absolute Gasteiger partial charge is 0.166 e. The van der Waals surface area contributed by atoms with Crippen LogP contribution in [0.3, 0.4) is 0 Å². The number of carbonyl (C=O) groups excluding carboxylic acids is 1. The average molecular weight is 175 g/mol. The van der Waals surface area contributed by atoms with Gasteiger partial charge in [-0.15, -0.1) is 6.58 Å². The van der Waals surface area contributed by atoms with Crippen LogP contribution in [0.5, 0.6) is 0 Å². The molecule has 2 heteroatoms. The highest BCUT2D eigenvalue weighted by molar-refractivity contribution is 5.99. The van der Waals surface area contributed by atoms with Crippen LogP contribution in [0.4, 0.5) is 5.69 Å². The molecule has 0 spiro atoms. The van der Waals surface area contributed by atoms with E-state index >= 15 is 0 Å². The number of allylic oxidation sites excluding steroid dienone is 1. The van der Waals surface area contributed by atoms with Crippen molar-refractivity contribution in [1.29, 1.82) is 0 Å². The van der Waals surface area contributed by atoms with E-state index in [1.165, 1.54) is 0 Å². The van der Waals surface area contributed by atoms with E-state index in [0.29, 0.717) is 17.7 Å². The topological polar surface area (TPSA) is 43.1 Å². The van der Waals surface area contributed by atoms with Crippen LogP contribution in [0.15, 0.2) is 30.9 Å². The maximum atomic E-state index is 11.5. The summed E-state index contributed by atoms with van der Waals surface area (Å²) < 4.78 is 0. The Hall–Kier alpha value is -1.57. The first-order valence-electron chi connectivity index (χ1n) is 4.16. The molecule has 0 bridgehead atoms. The van der Waals surface area contributed by atoms with Gasteiger partial charge in [-0.25, -0.2) is 0 Å². The molecule has 2 N–H and O–H groups in total. The Balaban J connectivity index is 3.07. The average Bonchev–Trinajstić information content (AvgIpc) is 2.10. The van der Waals surface area contributed by atoms with Gasteiger partial charge in [-0.1, -0.05) is 18.2 Å². The second kappa shape index (κ2) is 3.90. The van der Waals surface area contributed by atoms with Crippen LogP contribution in [-0.2, 0) is 0 Å². The van der Waals surface area contributed by atoms with Crippen LogP contribution in [0.25, 0.3) is 0 Å². The minimum absolute atomic E-state index is 0.0693. The van der Waals surface area contributed by atoms with Gasteiger partial charge in [0.15, 0.2) is 5.78 Å². The summed E-state index contributed by atoms with van der Waals surface area (Å²) >= 11 is 0. The number of hydrogen-bond acceptors (Lipinski definition) is 2. The number of anilines is 1. The SMILES string of the molecule is C=CCC(=O)c1cccc(N)c1C. The Kier molecular flexibility index (Phi) is 2.85. The van der Waals surface area contributed by atoms with Crippen molar-refractivity contribution in [3.63, 3.8) is 0 Å². The Labute approximate surface area is 78.1 Å². The summed E-state index contributed by atoms with van der Waals surface area (Å²) in [6, 6.07) is 5.37. The zero-order valence-electron chi connectivity index (χ0n) is 7.71. The monoisotopic (exact) mass is 175 g/mol. The van der Waals surface area contributed by atoms with Gasteiger partial charge < -0.3 is 5.73 Å². The number of ketones is 1. The fourth-order valence-electron chi connectivity index (χ4n) is 1.20. The first kappa shape index (κ1) is 9.52. The van der Waals surface area contributed by atoms with Crippen molar-refractivity contribution in [3.8, 4) is 0 Å². The third-order valence-electron chi connectivity index (χ3n) is 2.01. The highest BCUT2D eigenvalue weighted by Crippen LogP contribution is 2.16. The summed E-state index contributed by atoms with van der Waals surface area (Å²) in [5, 5.41) is 0. The maximum Gasteiger partial charge on any atom is 0.166 e. The normalized spacial score (nSPS) is 9.62. The quantitative estimate of drug-likeness (QED) is 0.435. The zero-order chi connectivity index (χ0) is 9.84. The third-order valence-corrected chi connectivity index (χ3v) is 2.01. The molecule has 1 aromatic rings. The molecule has 2 nitrogen and oxygen atoms in total. The first-order chi connectivity index (χ1) is 6.16. The van der Waals surface area contributed by atoms with E-state index in [1.54, 1.807) is 24.3 Å². The predicted octanol–water partition coefficient (Wildman–Crippen LogP) is 2.34. The second-order valence-corrected chi connectivity index (χ2v) is 2.94. The van der Waals surface area contributed by atoms with Crippen molar-refractivity contribution < 1.29 is 4.79 Å². The highest BCUT2D eigenvalue weighted by Gasteiger charge is 2.07. The molecule has 0 amide bonds. The molecule has 1 rings (SSSR count). The Morgan fingerprint density at radius 3 is 2.92 bits per heavy atom. The Bertz CT molecular complexity index is 342. The number of hydrogen-bond donors (Lipinski definition) is 1. The van der Waals surface area contributed by atoms with Gasteiger partial charge in [-0.2, -0.15) is 0 Å². The fraction of sp³-hybridized carbons (Fsp3) is 0.182. The largest absolute Gasteiger partial charge is 0.398 e. The molecule has 68 valence electrons. The molecule has 0 aliphatic carbocycles. The van der Waals surface area contributed by atoms with Crippen LogP contribution in [0, 0.1) is 6.92 Å². The lowest BCUT2D eigenvalue weighted by Crippen LogP contribution is -2.02. The van der Waals surface area contributed by atoms with Crippen LogP contribution < -0.4 is 5.73 Å². The van der Waals surface area contributed by atoms with E-state index < -0.39 is 0 Å². The lowest BCUT2D eigenvalue weighted by Gasteiger charge is -2.05. The van der Waals surface area contributed by atoms with E-state index in [4.69, 9.17) is 5.73 Å². The molecule has 0 saturated heterocycles. The molecule has 0 atom stereocenters. The molecule has 0 fully saturated rings. The van der Waals surface area contributed by atoms with Crippen molar-refractivity contribution in [2.45, 2.75) is 13.3 Å². The Morgan fingerprint density at radius 2 is 2.31 bits per heavy atom. The summed E-state index contributed by atoms with van der Waals surface area (Å²) in [5.41, 5.74) is 7.89. The van der Waals surface area contributed by atoms with E-state index in [1.807, 2.05) is 6.92 Å². The zero-order valence-corrected chi connectivity index (χ0v) is 7.71. The number of carbonyl (C=O) groups is 1. The van der Waals surface area contributed by atoms with Crippen LogP contribution in [0.1, 0.15) is 22.3 Å². The molecule has 0 aromatic heterocycles. The lowest BCUT2D eigenvalue weighted by atomic mass is 10.0. The van der Waals surface area contributed by atoms with Gasteiger partial charge in [0, 0.05) is 17.7 Å². The second-order valence-electron chi connectivity index (χ2n) is 2.94. The number of nitrogen functional groups attached to an aromatic ring is 1. The molecular weight excluding hydrogens is 162 g/mol. The van der Waals surface area contributed by atoms with E-state index in [-0.39, 0.29) is 5.78 Å². The van der Waals surface area contributed by atoms with Crippen LogP contribution >= 0.6 is 0 Å². The lowest BCUT2D eigenvalue weighted by molar-refractivity contribution is 0.0995. The van der Waals surface area contributed by atoms with Crippen molar-refractivity contribution in [1.82, 2.24) is 0 Å². The van der Waals surface area contributed by atoms with Gasteiger partial charge in [0.2, 0.25) is 0 Å². The van der Waals surface area contributed by atoms with Crippen molar-refractivity contribution in [3.05, 3.63) is 42.0 Å². The summed E-state index contributed by atoms with van der Waals surface area (Å²) in [6.45, 7) is 5.38. The van der Waals surface area contributed by atoms with Crippen molar-refractivity contribution >= 4 is 11.5 Å². The number of Topliss-reactive ketones (excluding diaryl/α,β-unsaturated/α-hetero) is 1. The fourth-order valence-corrected chi connectivity index (χ4v) is 1.20. The minimum Gasteiger partial charge on any atom is -0.398 e. The molecule has 0 radical (unpaired) electrons. The highest BCUT2D eigenvalue weighted by atomic mass is 16.1. The number of rotatable bonds is 3. The van der Waals surface area contributed by atoms with Gasteiger partial charge in [0.1, 0.15) is 0 Å².